The van der Waals surface area contributed by atoms with Crippen LogP contribution in [0.15, 0.2) is 30.6 Å². The van der Waals surface area contributed by atoms with Gasteiger partial charge in [-0.05, 0) is 24.6 Å². The zero-order valence-electron chi connectivity index (χ0n) is 13.5. The van der Waals surface area contributed by atoms with E-state index in [0.29, 0.717) is 0 Å². The van der Waals surface area contributed by atoms with Crippen LogP contribution in [0.4, 0.5) is 5.82 Å². The molecule has 0 saturated carbocycles. The summed E-state index contributed by atoms with van der Waals surface area (Å²) in [5, 5.41) is 8.16. The number of hydrogen-bond donors (Lipinski definition) is 1. The summed E-state index contributed by atoms with van der Waals surface area (Å²) >= 11 is 5.95. The smallest absolute Gasteiger partial charge is 0.160 e. The molecule has 0 bridgehead atoms. The van der Waals surface area contributed by atoms with Gasteiger partial charge in [-0.15, -0.1) is 0 Å². The molecule has 1 aliphatic heterocycles. The number of rotatable bonds is 3. The maximum Gasteiger partial charge on any atom is 0.160 e. The van der Waals surface area contributed by atoms with Gasteiger partial charge in [-0.25, -0.2) is 9.97 Å². The van der Waals surface area contributed by atoms with Gasteiger partial charge >= 0.3 is 0 Å². The number of fused-ring (bicyclic) bond motifs is 1. The number of aromatic amines is 1. The molecule has 7 heteroatoms. The fourth-order valence-corrected chi connectivity index (χ4v) is 3.26. The summed E-state index contributed by atoms with van der Waals surface area (Å²) in [5.74, 6) is 0.926. The van der Waals surface area contributed by atoms with Crippen molar-refractivity contribution in [2.45, 2.75) is 13.5 Å². The van der Waals surface area contributed by atoms with Crippen molar-refractivity contribution in [1.82, 2.24) is 25.1 Å². The Balaban J connectivity index is 1.44. The molecule has 0 spiro atoms. The van der Waals surface area contributed by atoms with Crippen molar-refractivity contribution < 1.29 is 0 Å². The van der Waals surface area contributed by atoms with Crippen LogP contribution in [-0.2, 0) is 6.54 Å². The van der Waals surface area contributed by atoms with Crippen LogP contribution in [0.3, 0.4) is 0 Å². The van der Waals surface area contributed by atoms with Crippen LogP contribution in [0, 0.1) is 6.92 Å². The monoisotopic (exact) mass is 342 g/mol. The molecule has 3 heterocycles. The van der Waals surface area contributed by atoms with Crippen LogP contribution >= 0.6 is 11.6 Å². The first-order valence-corrected chi connectivity index (χ1v) is 8.46. The minimum atomic E-state index is 0.783. The van der Waals surface area contributed by atoms with Gasteiger partial charge in [0.25, 0.3) is 0 Å². The van der Waals surface area contributed by atoms with Crippen LogP contribution < -0.4 is 4.90 Å². The molecule has 0 unspecified atom stereocenters. The third kappa shape index (κ3) is 2.95. The summed E-state index contributed by atoms with van der Waals surface area (Å²) in [6.45, 7) is 6.80. The molecule has 0 atom stereocenters. The second-order valence-electron chi connectivity index (χ2n) is 6.13. The van der Waals surface area contributed by atoms with Crippen molar-refractivity contribution in [2.75, 3.05) is 31.1 Å². The first-order valence-electron chi connectivity index (χ1n) is 8.08. The van der Waals surface area contributed by atoms with Gasteiger partial charge in [0.1, 0.15) is 11.8 Å². The number of halogens is 1. The Morgan fingerprint density at radius 1 is 1.04 bits per heavy atom. The highest BCUT2D eigenvalue weighted by Gasteiger charge is 2.21. The Bertz CT molecular complexity index is 836. The molecular weight excluding hydrogens is 324 g/mol. The number of aromatic nitrogens is 4. The fourth-order valence-electron chi connectivity index (χ4n) is 3.14. The minimum Gasteiger partial charge on any atom is -0.352 e. The Morgan fingerprint density at radius 2 is 1.79 bits per heavy atom. The van der Waals surface area contributed by atoms with Gasteiger partial charge in [-0.2, -0.15) is 5.10 Å². The van der Waals surface area contributed by atoms with Crippen molar-refractivity contribution in [3.05, 3.63) is 46.9 Å². The Hall–Kier alpha value is -2.18. The maximum absolute atomic E-state index is 5.95. The number of nitrogens with one attached hydrogen (secondary N) is 1. The van der Waals surface area contributed by atoms with Crippen molar-refractivity contribution in [3.63, 3.8) is 0 Å². The first kappa shape index (κ1) is 15.4. The van der Waals surface area contributed by atoms with Gasteiger partial charge in [0.2, 0.25) is 0 Å². The normalized spacial score (nSPS) is 16.0. The van der Waals surface area contributed by atoms with Crippen molar-refractivity contribution in [3.8, 4) is 0 Å². The van der Waals surface area contributed by atoms with Gasteiger partial charge in [0, 0.05) is 37.7 Å². The van der Waals surface area contributed by atoms with E-state index in [1.165, 1.54) is 5.56 Å². The van der Waals surface area contributed by atoms with E-state index in [1.807, 2.05) is 19.1 Å². The second-order valence-corrected chi connectivity index (χ2v) is 6.57. The zero-order chi connectivity index (χ0) is 16.5. The molecule has 1 fully saturated rings. The number of nitrogens with zero attached hydrogens (tertiary/aromatic N) is 5. The average molecular weight is 343 g/mol. The van der Waals surface area contributed by atoms with Gasteiger partial charge in [0.15, 0.2) is 11.3 Å². The number of piperazine rings is 1. The summed E-state index contributed by atoms with van der Waals surface area (Å²) in [4.78, 5) is 13.5. The highest BCUT2D eigenvalue weighted by atomic mass is 35.5. The number of hydrogen-bond acceptors (Lipinski definition) is 5. The van der Waals surface area contributed by atoms with E-state index in [-0.39, 0.29) is 0 Å². The summed E-state index contributed by atoms with van der Waals surface area (Å²) in [5.41, 5.74) is 4.04. The summed E-state index contributed by atoms with van der Waals surface area (Å²) in [6, 6.07) is 8.08. The van der Waals surface area contributed by atoms with Gasteiger partial charge in [-0.3, -0.25) is 10.00 Å². The summed E-state index contributed by atoms with van der Waals surface area (Å²) in [7, 11) is 0. The van der Waals surface area contributed by atoms with Gasteiger partial charge in [-0.1, -0.05) is 23.7 Å². The Kier molecular flexibility index (Phi) is 4.08. The first-order chi connectivity index (χ1) is 11.7. The second kappa shape index (κ2) is 6.37. The molecule has 0 aliphatic carbocycles. The summed E-state index contributed by atoms with van der Waals surface area (Å²) < 4.78 is 0. The van der Waals surface area contributed by atoms with E-state index in [9.17, 15) is 0 Å². The third-order valence-corrected chi connectivity index (χ3v) is 4.74. The lowest BCUT2D eigenvalue weighted by Crippen LogP contribution is -2.46. The lowest BCUT2D eigenvalue weighted by Gasteiger charge is -2.35. The fraction of sp³-hybridized carbons (Fsp3) is 0.353. The van der Waals surface area contributed by atoms with E-state index in [1.54, 1.807) is 6.33 Å². The quantitative estimate of drug-likeness (QED) is 0.793. The lowest BCUT2D eigenvalue weighted by molar-refractivity contribution is 0.249. The van der Waals surface area contributed by atoms with E-state index >= 15 is 0 Å². The molecule has 2 aromatic heterocycles. The van der Waals surface area contributed by atoms with Crippen molar-refractivity contribution in [2.24, 2.45) is 0 Å². The van der Waals surface area contributed by atoms with Crippen molar-refractivity contribution in [1.29, 1.82) is 0 Å². The van der Waals surface area contributed by atoms with Crippen LogP contribution in [0.5, 0.6) is 0 Å². The Labute approximate surface area is 145 Å². The topological polar surface area (TPSA) is 60.9 Å². The number of benzene rings is 1. The molecule has 0 radical (unpaired) electrons. The van der Waals surface area contributed by atoms with E-state index < -0.39 is 0 Å². The molecule has 4 rings (SSSR count). The molecule has 6 nitrogen and oxygen atoms in total. The molecular formula is C17H19ClN6. The Morgan fingerprint density at radius 3 is 2.54 bits per heavy atom. The van der Waals surface area contributed by atoms with Crippen molar-refractivity contribution >= 4 is 28.5 Å². The van der Waals surface area contributed by atoms with Crippen LogP contribution in [-0.4, -0.2) is 51.2 Å². The minimum absolute atomic E-state index is 0.783. The standard InChI is InChI=1S/C17H19ClN6/c1-12-15-16(22-21-12)17(20-11-19-15)24-8-6-23(7-9-24)10-13-2-4-14(18)5-3-13/h2-5,11H,6-10H2,1H3,(H,21,22). The molecule has 3 aromatic rings. The molecule has 1 aromatic carbocycles. The largest absolute Gasteiger partial charge is 0.352 e. The van der Waals surface area contributed by atoms with E-state index in [4.69, 9.17) is 11.6 Å². The number of H-pyrrole nitrogens is 1. The number of anilines is 1. The predicted molar refractivity (Wildman–Crippen MR) is 95.4 cm³/mol. The molecule has 1 N–H and O–H groups in total. The SMILES string of the molecule is Cc1[nH]nc2c(N3CCN(Cc4ccc(Cl)cc4)CC3)ncnc12. The average Bonchev–Trinajstić information content (AvgIpc) is 2.99. The third-order valence-electron chi connectivity index (χ3n) is 4.48. The lowest BCUT2D eigenvalue weighted by atomic mass is 10.2. The maximum atomic E-state index is 5.95. The highest BCUT2D eigenvalue weighted by Crippen LogP contribution is 2.23. The molecule has 1 aliphatic rings. The molecule has 1 saturated heterocycles. The predicted octanol–water partition coefficient (Wildman–Crippen LogP) is 2.64. The molecule has 0 amide bonds. The molecule has 24 heavy (non-hydrogen) atoms. The van der Waals surface area contributed by atoms with Crippen LogP contribution in [0.1, 0.15) is 11.3 Å². The summed E-state index contributed by atoms with van der Waals surface area (Å²) in [6.07, 6.45) is 1.63. The number of aryl methyl sites for hydroxylation is 1. The van der Waals surface area contributed by atoms with Crippen LogP contribution in [0.2, 0.25) is 5.02 Å². The van der Waals surface area contributed by atoms with Gasteiger partial charge < -0.3 is 4.90 Å². The van der Waals surface area contributed by atoms with Crippen LogP contribution in [0.25, 0.3) is 11.0 Å². The van der Waals surface area contributed by atoms with E-state index in [0.717, 1.165) is 60.3 Å². The van der Waals surface area contributed by atoms with E-state index in [2.05, 4.69) is 42.1 Å². The highest BCUT2D eigenvalue weighted by molar-refractivity contribution is 6.30. The molecule has 124 valence electrons. The van der Waals surface area contributed by atoms with Gasteiger partial charge in [0.05, 0.1) is 5.69 Å². The zero-order valence-corrected chi connectivity index (χ0v) is 14.3.